The van der Waals surface area contributed by atoms with Crippen LogP contribution in [0.3, 0.4) is 0 Å². The number of carbonyl (C=O) groups is 2. The zero-order valence-electron chi connectivity index (χ0n) is 14.7. The van der Waals surface area contributed by atoms with Gasteiger partial charge in [0.05, 0.1) is 13.7 Å². The molecule has 1 atom stereocenters. The molecule has 0 aliphatic rings. The van der Waals surface area contributed by atoms with E-state index in [9.17, 15) is 9.59 Å². The molecule has 0 aromatic carbocycles. The minimum atomic E-state index is -0.619. The molecule has 0 fully saturated rings. The lowest BCUT2D eigenvalue weighted by atomic mass is 10.1. The van der Waals surface area contributed by atoms with Crippen molar-refractivity contribution in [2.24, 2.45) is 0 Å². The van der Waals surface area contributed by atoms with E-state index >= 15 is 0 Å². The smallest absolute Gasteiger partial charge is 0.409 e. The average molecular weight is 315 g/mol. The molecule has 0 saturated heterocycles. The van der Waals surface area contributed by atoms with Gasteiger partial charge in [0.2, 0.25) is 0 Å². The maximum absolute atomic E-state index is 11.8. The van der Waals surface area contributed by atoms with Crippen LogP contribution >= 0.6 is 0 Å². The first-order valence-corrected chi connectivity index (χ1v) is 8.52. The highest BCUT2D eigenvalue weighted by molar-refractivity contribution is 5.80. The Labute approximate surface area is 135 Å². The summed E-state index contributed by atoms with van der Waals surface area (Å²) in [5, 5.41) is 0. The van der Waals surface area contributed by atoms with E-state index in [1.54, 1.807) is 6.92 Å². The molecule has 0 spiro atoms. The van der Waals surface area contributed by atoms with Crippen LogP contribution in [0.5, 0.6) is 0 Å². The van der Waals surface area contributed by atoms with Gasteiger partial charge < -0.3 is 9.47 Å². The lowest BCUT2D eigenvalue weighted by Gasteiger charge is -2.21. The molecule has 130 valence electrons. The third-order valence-corrected chi connectivity index (χ3v) is 3.88. The van der Waals surface area contributed by atoms with Crippen LogP contribution in [0, 0.1) is 0 Å². The second kappa shape index (κ2) is 13.4. The number of nitrogens with zero attached hydrogens (tertiary/aromatic N) is 1. The quantitative estimate of drug-likeness (QED) is 0.401. The number of hydrogen-bond donors (Lipinski definition) is 0. The molecule has 0 aliphatic carbocycles. The fourth-order valence-corrected chi connectivity index (χ4v) is 2.17. The first-order chi connectivity index (χ1) is 10.5. The topological polar surface area (TPSA) is 55.8 Å². The Morgan fingerprint density at radius 2 is 1.45 bits per heavy atom. The summed E-state index contributed by atoms with van der Waals surface area (Å²) in [5.41, 5.74) is 0. The SMILES string of the molecule is CCCCCCCCCCCOC(=O)C(C)N(C)C(=O)OC. The fraction of sp³-hybridized carbons (Fsp3) is 0.882. The van der Waals surface area contributed by atoms with Crippen LogP contribution in [-0.4, -0.2) is 43.8 Å². The molecule has 0 rings (SSSR count). The molecule has 0 bridgehead atoms. The van der Waals surface area contributed by atoms with Crippen molar-refractivity contribution in [3.05, 3.63) is 0 Å². The molecular weight excluding hydrogens is 282 g/mol. The third kappa shape index (κ3) is 9.64. The first-order valence-electron chi connectivity index (χ1n) is 8.52. The van der Waals surface area contributed by atoms with Gasteiger partial charge in [-0.1, -0.05) is 58.3 Å². The van der Waals surface area contributed by atoms with Gasteiger partial charge in [-0.3, -0.25) is 4.90 Å². The zero-order chi connectivity index (χ0) is 16.8. The first kappa shape index (κ1) is 20.7. The molecule has 0 aromatic heterocycles. The lowest BCUT2D eigenvalue weighted by molar-refractivity contribution is -0.148. The predicted molar refractivity (Wildman–Crippen MR) is 87.8 cm³/mol. The van der Waals surface area contributed by atoms with Crippen molar-refractivity contribution in [3.63, 3.8) is 0 Å². The van der Waals surface area contributed by atoms with Crippen LogP contribution in [0.25, 0.3) is 0 Å². The third-order valence-electron chi connectivity index (χ3n) is 3.88. The predicted octanol–water partition coefficient (Wildman–Crippen LogP) is 4.15. The van der Waals surface area contributed by atoms with Crippen LogP contribution in [0.15, 0.2) is 0 Å². The highest BCUT2D eigenvalue weighted by atomic mass is 16.6. The molecular formula is C17H33NO4. The van der Waals surface area contributed by atoms with E-state index in [1.165, 1.54) is 64.0 Å². The number of likely N-dealkylation sites (N-methyl/N-ethyl adjacent to an activating group) is 1. The monoisotopic (exact) mass is 315 g/mol. The molecule has 1 unspecified atom stereocenters. The zero-order valence-corrected chi connectivity index (χ0v) is 14.7. The second-order valence-electron chi connectivity index (χ2n) is 5.75. The molecule has 5 heteroatoms. The van der Waals surface area contributed by atoms with Gasteiger partial charge in [-0.05, 0) is 13.3 Å². The number of ether oxygens (including phenoxy) is 2. The van der Waals surface area contributed by atoms with Crippen LogP contribution in [0.1, 0.15) is 71.6 Å². The number of carbonyl (C=O) groups excluding carboxylic acids is 2. The van der Waals surface area contributed by atoms with E-state index in [0.717, 1.165) is 12.8 Å². The fourth-order valence-electron chi connectivity index (χ4n) is 2.17. The maximum atomic E-state index is 11.8. The van der Waals surface area contributed by atoms with Crippen LogP contribution in [-0.2, 0) is 14.3 Å². The Bertz CT molecular complexity index is 307. The van der Waals surface area contributed by atoms with Gasteiger partial charge in [-0.25, -0.2) is 9.59 Å². The summed E-state index contributed by atoms with van der Waals surface area (Å²) in [4.78, 5) is 24.3. The Kier molecular flexibility index (Phi) is 12.6. The van der Waals surface area contributed by atoms with E-state index in [2.05, 4.69) is 11.7 Å². The minimum absolute atomic E-state index is 0.382. The Balaban J connectivity index is 3.54. The second-order valence-corrected chi connectivity index (χ2v) is 5.75. The Hall–Kier alpha value is -1.26. The van der Waals surface area contributed by atoms with Gasteiger partial charge in [0.1, 0.15) is 6.04 Å². The van der Waals surface area contributed by atoms with Crippen molar-refractivity contribution in [2.45, 2.75) is 77.7 Å². The number of unbranched alkanes of at least 4 members (excludes halogenated alkanes) is 8. The van der Waals surface area contributed by atoms with Crippen LogP contribution < -0.4 is 0 Å². The largest absolute Gasteiger partial charge is 0.464 e. The van der Waals surface area contributed by atoms with Crippen molar-refractivity contribution in [3.8, 4) is 0 Å². The number of amides is 1. The van der Waals surface area contributed by atoms with Gasteiger partial charge in [0, 0.05) is 7.05 Å². The summed E-state index contributed by atoms with van der Waals surface area (Å²) in [6, 6.07) is -0.619. The van der Waals surface area contributed by atoms with Crippen molar-refractivity contribution < 1.29 is 19.1 Å². The molecule has 0 heterocycles. The molecule has 1 amide bonds. The van der Waals surface area contributed by atoms with Gasteiger partial charge in [0.15, 0.2) is 0 Å². The summed E-state index contributed by atoms with van der Waals surface area (Å²) in [7, 11) is 2.81. The summed E-state index contributed by atoms with van der Waals surface area (Å²) in [6.07, 6.45) is 10.5. The van der Waals surface area contributed by atoms with Gasteiger partial charge in [0.25, 0.3) is 0 Å². The number of methoxy groups -OCH3 is 1. The van der Waals surface area contributed by atoms with Crippen molar-refractivity contribution in [2.75, 3.05) is 20.8 Å². The van der Waals surface area contributed by atoms with E-state index in [-0.39, 0.29) is 5.97 Å². The normalized spacial score (nSPS) is 11.8. The molecule has 5 nitrogen and oxygen atoms in total. The highest BCUT2D eigenvalue weighted by Gasteiger charge is 2.23. The number of rotatable bonds is 12. The maximum Gasteiger partial charge on any atom is 0.409 e. The minimum Gasteiger partial charge on any atom is -0.464 e. The van der Waals surface area contributed by atoms with Gasteiger partial charge >= 0.3 is 12.1 Å². The molecule has 0 N–H and O–H groups in total. The van der Waals surface area contributed by atoms with E-state index in [4.69, 9.17) is 4.74 Å². The van der Waals surface area contributed by atoms with E-state index in [1.807, 2.05) is 0 Å². The van der Waals surface area contributed by atoms with Crippen LogP contribution in [0.4, 0.5) is 4.79 Å². The average Bonchev–Trinajstić information content (AvgIpc) is 2.54. The summed E-state index contributed by atoms with van der Waals surface area (Å²) in [6.45, 7) is 4.29. The molecule has 0 aliphatic heterocycles. The highest BCUT2D eigenvalue weighted by Crippen LogP contribution is 2.10. The Morgan fingerprint density at radius 1 is 0.955 bits per heavy atom. The van der Waals surface area contributed by atoms with E-state index < -0.39 is 12.1 Å². The van der Waals surface area contributed by atoms with E-state index in [0.29, 0.717) is 6.61 Å². The molecule has 0 radical (unpaired) electrons. The van der Waals surface area contributed by atoms with Gasteiger partial charge in [-0.15, -0.1) is 0 Å². The summed E-state index contributed by atoms with van der Waals surface area (Å²) < 4.78 is 9.76. The van der Waals surface area contributed by atoms with Gasteiger partial charge in [-0.2, -0.15) is 0 Å². The number of hydrogen-bond acceptors (Lipinski definition) is 4. The molecule has 0 aromatic rings. The summed E-state index contributed by atoms with van der Waals surface area (Å²) >= 11 is 0. The number of esters is 1. The van der Waals surface area contributed by atoms with Crippen molar-refractivity contribution in [1.29, 1.82) is 0 Å². The molecule has 0 saturated carbocycles. The van der Waals surface area contributed by atoms with Crippen molar-refractivity contribution >= 4 is 12.1 Å². The Morgan fingerprint density at radius 3 is 1.95 bits per heavy atom. The molecule has 22 heavy (non-hydrogen) atoms. The summed E-state index contributed by atoms with van der Waals surface area (Å²) in [5.74, 6) is -0.382. The van der Waals surface area contributed by atoms with Crippen LogP contribution in [0.2, 0.25) is 0 Å². The van der Waals surface area contributed by atoms with Crippen molar-refractivity contribution in [1.82, 2.24) is 4.90 Å². The standard InChI is InChI=1S/C17H33NO4/c1-5-6-7-8-9-10-11-12-13-14-22-16(19)15(2)18(3)17(20)21-4/h15H,5-14H2,1-4H3. The lowest BCUT2D eigenvalue weighted by Crippen LogP contribution is -2.41.